The van der Waals surface area contributed by atoms with Gasteiger partial charge in [-0.15, -0.1) is 0 Å². The van der Waals surface area contributed by atoms with Crippen molar-refractivity contribution in [2.24, 2.45) is 0 Å². The fourth-order valence-corrected chi connectivity index (χ4v) is 0.146. The number of nitrogens with zero attached hydrogens (tertiary/aromatic N) is 2. The Kier molecular flexibility index (Phi) is 4.44. The van der Waals surface area contributed by atoms with Crippen LogP contribution in [0.4, 0.5) is 0 Å². The van der Waals surface area contributed by atoms with Crippen molar-refractivity contribution >= 4 is 33.8 Å². The van der Waals surface area contributed by atoms with Gasteiger partial charge >= 0.3 is 48.7 Å². The first-order valence-corrected chi connectivity index (χ1v) is 3.36. The minimum atomic E-state index is -1.29. The van der Waals surface area contributed by atoms with Crippen LogP contribution in [0.25, 0.3) is 0 Å². The predicted octanol–water partition coefficient (Wildman–Crippen LogP) is -0.347. The molecule has 0 saturated carbocycles. The molecule has 0 aliphatic rings. The van der Waals surface area contributed by atoms with Crippen LogP contribution in [-0.4, -0.2) is 33.8 Å². The summed E-state index contributed by atoms with van der Waals surface area (Å²) in [7, 11) is 0. The molecule has 0 saturated heterocycles. The van der Waals surface area contributed by atoms with Gasteiger partial charge in [-0.2, -0.15) is 0 Å². The Morgan fingerprint density at radius 2 is 1.60 bits per heavy atom. The van der Waals surface area contributed by atoms with Crippen molar-refractivity contribution in [3.63, 3.8) is 0 Å². The molecule has 3 heteroatoms. The van der Waals surface area contributed by atoms with Crippen LogP contribution in [0.1, 0.15) is 0 Å². The normalized spacial score (nSPS) is 2.80. The van der Waals surface area contributed by atoms with Gasteiger partial charge in [0, 0.05) is 0 Å². The average Bonchev–Trinajstić information content (AvgIpc) is 1.41. The van der Waals surface area contributed by atoms with Gasteiger partial charge in [0.25, 0.3) is 0 Å². The number of rotatable bonds is 0. The molecule has 0 fully saturated rings. The van der Waals surface area contributed by atoms with E-state index in [0.717, 1.165) is 0 Å². The third-order valence-electron chi connectivity index (χ3n) is 0.158. The van der Waals surface area contributed by atoms with Gasteiger partial charge in [0.2, 0.25) is 0 Å². The van der Waals surface area contributed by atoms with Crippen molar-refractivity contribution < 1.29 is 0 Å². The second-order valence-electron chi connectivity index (χ2n) is 0.493. The van der Waals surface area contributed by atoms with Gasteiger partial charge in [-0.05, 0) is 0 Å². The van der Waals surface area contributed by atoms with Crippen molar-refractivity contribution in [2.45, 2.75) is 0 Å². The van der Waals surface area contributed by atoms with Crippen molar-refractivity contribution in [3.8, 4) is 4.33 Å². The van der Waals surface area contributed by atoms with E-state index in [1.165, 1.54) is 0 Å². The molecule has 0 spiro atoms. The number of hydrogen-bond acceptors (Lipinski definition) is 2. The number of hydrogen-bond donors (Lipinski definition) is 0. The average molecular weight is 92.1 g/mol. The zero-order valence-electron chi connectivity index (χ0n) is 2.60. The summed E-state index contributed by atoms with van der Waals surface area (Å²) in [5.41, 5.74) is 0. The summed E-state index contributed by atoms with van der Waals surface area (Å²) < 4.78 is 3.69. The molecule has 0 bridgehead atoms. The van der Waals surface area contributed by atoms with Gasteiger partial charge < -0.3 is 0 Å². The van der Waals surface area contributed by atoms with Crippen LogP contribution >= 0.6 is 0 Å². The quantitative estimate of drug-likeness (QED) is 0.383. The molecule has 0 aromatic carbocycles. The van der Waals surface area contributed by atoms with Crippen LogP contribution in [0.15, 0.2) is 0 Å². The SMILES string of the molecule is N#[C][Ca][C]#N. The van der Waals surface area contributed by atoms with Crippen LogP contribution in [0.5, 0.6) is 0 Å². The van der Waals surface area contributed by atoms with Crippen LogP contribution in [0.3, 0.4) is 0 Å². The van der Waals surface area contributed by atoms with Crippen LogP contribution < -0.4 is 0 Å². The van der Waals surface area contributed by atoms with Crippen molar-refractivity contribution in [2.75, 3.05) is 0 Å². The van der Waals surface area contributed by atoms with E-state index in [-0.39, 0.29) is 0 Å². The van der Waals surface area contributed by atoms with Gasteiger partial charge in [-0.25, -0.2) is 0 Å². The Balaban J connectivity index is 2.86. The van der Waals surface area contributed by atoms with Crippen LogP contribution in [0, 0.1) is 14.9 Å². The minimum absolute atomic E-state index is 1.29. The maximum absolute atomic E-state index is 7.68. The van der Waals surface area contributed by atoms with Gasteiger partial charge in [-0.1, -0.05) is 0 Å². The molecule has 0 radical (unpaired) electrons. The van der Waals surface area contributed by atoms with E-state index in [2.05, 4.69) is 0 Å². The molecule has 0 heterocycles. The molecule has 20 valence electrons. The Morgan fingerprint density at radius 3 is 1.60 bits per heavy atom. The summed E-state index contributed by atoms with van der Waals surface area (Å²) in [6.45, 7) is 0. The second kappa shape index (κ2) is 4.24. The monoisotopic (exact) mass is 92.0 g/mol. The summed E-state index contributed by atoms with van der Waals surface area (Å²) in [4.78, 5) is 0. The fraction of sp³-hybridized carbons (Fsp3) is 0. The van der Waals surface area contributed by atoms with E-state index < -0.39 is 33.8 Å². The van der Waals surface area contributed by atoms with E-state index in [1.807, 2.05) is 4.33 Å². The first-order valence-electron chi connectivity index (χ1n) is 1.15. The Labute approximate surface area is 48.3 Å². The summed E-state index contributed by atoms with van der Waals surface area (Å²) >= 11 is -1.29. The first kappa shape index (κ1) is 5.24. The molecule has 0 N–H and O–H groups in total. The van der Waals surface area contributed by atoms with Gasteiger partial charge in [0.05, 0.1) is 0 Å². The van der Waals surface area contributed by atoms with Crippen molar-refractivity contribution in [1.29, 1.82) is 10.5 Å². The number of nitriles is 2. The van der Waals surface area contributed by atoms with E-state index >= 15 is 0 Å². The Hall–Kier alpha value is 0.240. The summed E-state index contributed by atoms with van der Waals surface area (Å²) in [6, 6.07) is 0. The molecule has 2 nitrogen and oxygen atoms in total. The van der Waals surface area contributed by atoms with Crippen LogP contribution in [-0.2, 0) is 0 Å². The first-order chi connectivity index (χ1) is 2.41. The predicted molar refractivity (Wildman–Crippen MR) is 17.0 cm³/mol. The fourth-order valence-electron chi connectivity index (χ4n) is 0.0354. The molecular weight excluding hydrogens is 92.1 g/mol. The van der Waals surface area contributed by atoms with Gasteiger partial charge in [0.15, 0.2) is 0 Å². The van der Waals surface area contributed by atoms with Gasteiger partial charge in [-0.3, -0.25) is 0 Å². The molecule has 0 aromatic heterocycles. The molecule has 0 aromatic rings. The topological polar surface area (TPSA) is 47.6 Å². The molecule has 0 aliphatic carbocycles. The Bertz CT molecular complexity index is 72.8. The van der Waals surface area contributed by atoms with Crippen molar-refractivity contribution in [3.05, 3.63) is 0 Å². The molecular formula is C2CaN2. The third-order valence-corrected chi connectivity index (χ3v) is 0.652. The second-order valence-corrected chi connectivity index (χ2v) is 2.03. The molecule has 0 atom stereocenters. The molecule has 0 unspecified atom stereocenters. The standard InChI is InChI=1S/2CN.Ca/c2*1-2;. The summed E-state index contributed by atoms with van der Waals surface area (Å²) in [5, 5.41) is 15.4. The van der Waals surface area contributed by atoms with Gasteiger partial charge in [0.1, 0.15) is 0 Å². The third kappa shape index (κ3) is 4.24. The zero-order valence-corrected chi connectivity index (χ0v) is 4.81. The molecule has 0 rings (SSSR count). The zero-order chi connectivity index (χ0) is 4.12. The molecule has 0 aliphatic heterocycles. The molecule has 5 heavy (non-hydrogen) atoms. The Morgan fingerprint density at radius 1 is 1.20 bits per heavy atom. The summed E-state index contributed by atoms with van der Waals surface area (Å²) in [6.07, 6.45) is 0. The van der Waals surface area contributed by atoms with Crippen LogP contribution in [0.2, 0.25) is 0 Å². The summed E-state index contributed by atoms with van der Waals surface area (Å²) in [5.74, 6) is 0. The van der Waals surface area contributed by atoms with E-state index in [0.29, 0.717) is 0 Å². The maximum atomic E-state index is 7.68. The van der Waals surface area contributed by atoms with E-state index in [4.69, 9.17) is 10.5 Å². The van der Waals surface area contributed by atoms with E-state index in [9.17, 15) is 0 Å². The van der Waals surface area contributed by atoms with E-state index in [1.54, 1.807) is 0 Å². The molecule has 0 amide bonds. The van der Waals surface area contributed by atoms with Crippen molar-refractivity contribution in [1.82, 2.24) is 0 Å².